The van der Waals surface area contributed by atoms with Crippen molar-refractivity contribution in [2.75, 3.05) is 12.8 Å². The number of ketones is 1. The highest BCUT2D eigenvalue weighted by atomic mass is 79.9. The van der Waals surface area contributed by atoms with E-state index < -0.39 is 0 Å². The standard InChI is InChI=1S/C17H18BrNO2/c1-10-4-6-14(17(19)11(10)2)16(20)9-12-8-13(21-3)5-7-15(12)18/h4-8H,9,19H2,1-3H3. The quantitative estimate of drug-likeness (QED) is 0.669. The molecule has 0 amide bonds. The Hall–Kier alpha value is -1.81. The van der Waals surface area contributed by atoms with E-state index in [1.807, 2.05) is 38.1 Å². The predicted molar refractivity (Wildman–Crippen MR) is 89.1 cm³/mol. The first-order chi connectivity index (χ1) is 9.93. The van der Waals surface area contributed by atoms with Crippen LogP contribution in [-0.2, 0) is 6.42 Å². The number of methoxy groups -OCH3 is 1. The van der Waals surface area contributed by atoms with Crippen molar-refractivity contribution in [2.45, 2.75) is 20.3 Å². The second-order valence-corrected chi connectivity index (χ2v) is 5.88. The molecule has 0 heterocycles. The van der Waals surface area contributed by atoms with Crippen LogP contribution in [-0.4, -0.2) is 12.9 Å². The van der Waals surface area contributed by atoms with Crippen molar-refractivity contribution in [3.8, 4) is 5.75 Å². The lowest BCUT2D eigenvalue weighted by molar-refractivity contribution is 0.0993. The van der Waals surface area contributed by atoms with E-state index in [0.717, 1.165) is 26.9 Å². The van der Waals surface area contributed by atoms with Gasteiger partial charge >= 0.3 is 0 Å². The van der Waals surface area contributed by atoms with Crippen molar-refractivity contribution < 1.29 is 9.53 Å². The molecule has 2 rings (SSSR count). The highest BCUT2D eigenvalue weighted by Gasteiger charge is 2.15. The average molecular weight is 348 g/mol. The van der Waals surface area contributed by atoms with Gasteiger partial charge in [0.05, 0.1) is 7.11 Å². The minimum Gasteiger partial charge on any atom is -0.497 e. The summed E-state index contributed by atoms with van der Waals surface area (Å²) in [6.07, 6.45) is 0.282. The molecule has 0 bridgehead atoms. The van der Waals surface area contributed by atoms with Gasteiger partial charge in [0.1, 0.15) is 5.75 Å². The van der Waals surface area contributed by atoms with Gasteiger partial charge < -0.3 is 10.5 Å². The van der Waals surface area contributed by atoms with Crippen LogP contribution >= 0.6 is 15.9 Å². The van der Waals surface area contributed by atoms with Crippen molar-refractivity contribution in [2.24, 2.45) is 0 Å². The third-order valence-electron chi connectivity index (χ3n) is 3.69. The van der Waals surface area contributed by atoms with Crippen molar-refractivity contribution in [1.82, 2.24) is 0 Å². The summed E-state index contributed by atoms with van der Waals surface area (Å²) in [6.45, 7) is 3.92. The number of carbonyl (C=O) groups is 1. The molecule has 110 valence electrons. The summed E-state index contributed by atoms with van der Waals surface area (Å²) in [5, 5.41) is 0. The Morgan fingerprint density at radius 1 is 1.24 bits per heavy atom. The topological polar surface area (TPSA) is 52.3 Å². The lowest BCUT2D eigenvalue weighted by atomic mass is 9.97. The van der Waals surface area contributed by atoms with Crippen LogP contribution in [0.1, 0.15) is 27.0 Å². The van der Waals surface area contributed by atoms with Crippen LogP contribution in [0.25, 0.3) is 0 Å². The molecule has 21 heavy (non-hydrogen) atoms. The van der Waals surface area contributed by atoms with Crippen LogP contribution in [0.4, 0.5) is 5.69 Å². The monoisotopic (exact) mass is 347 g/mol. The summed E-state index contributed by atoms with van der Waals surface area (Å²) in [5.41, 5.74) is 10.2. The van der Waals surface area contributed by atoms with E-state index in [-0.39, 0.29) is 12.2 Å². The second kappa shape index (κ2) is 6.31. The number of aryl methyl sites for hydroxylation is 1. The number of rotatable bonds is 4. The summed E-state index contributed by atoms with van der Waals surface area (Å²) in [6, 6.07) is 9.32. The number of halogens is 1. The van der Waals surface area contributed by atoms with Crippen LogP contribution in [0, 0.1) is 13.8 Å². The van der Waals surface area contributed by atoms with Crippen LogP contribution in [0.2, 0.25) is 0 Å². The van der Waals surface area contributed by atoms with Crippen molar-refractivity contribution in [1.29, 1.82) is 0 Å². The van der Waals surface area contributed by atoms with Crippen LogP contribution in [0.5, 0.6) is 5.75 Å². The Morgan fingerprint density at radius 2 is 1.95 bits per heavy atom. The third-order valence-corrected chi connectivity index (χ3v) is 4.46. The fraction of sp³-hybridized carbons (Fsp3) is 0.235. The minimum atomic E-state index is 0.00422. The molecule has 0 aliphatic carbocycles. The molecular formula is C17H18BrNO2. The maximum atomic E-state index is 12.5. The summed E-state index contributed by atoms with van der Waals surface area (Å²) in [7, 11) is 1.61. The number of benzene rings is 2. The first kappa shape index (κ1) is 15.6. The summed E-state index contributed by atoms with van der Waals surface area (Å²) in [5.74, 6) is 0.735. The number of Topliss-reactive ketones (excluding diaryl/α,β-unsaturated/α-hetero) is 1. The van der Waals surface area contributed by atoms with E-state index in [0.29, 0.717) is 11.3 Å². The average Bonchev–Trinajstić information content (AvgIpc) is 2.47. The highest BCUT2D eigenvalue weighted by molar-refractivity contribution is 9.10. The molecule has 0 saturated heterocycles. The summed E-state index contributed by atoms with van der Waals surface area (Å²) in [4.78, 5) is 12.5. The van der Waals surface area contributed by atoms with Gasteiger partial charge in [-0.3, -0.25) is 4.79 Å². The maximum Gasteiger partial charge on any atom is 0.169 e. The van der Waals surface area contributed by atoms with Gasteiger partial charge in [0.25, 0.3) is 0 Å². The van der Waals surface area contributed by atoms with Gasteiger partial charge in [-0.05, 0) is 54.8 Å². The zero-order valence-electron chi connectivity index (χ0n) is 12.4. The van der Waals surface area contributed by atoms with Gasteiger partial charge in [-0.2, -0.15) is 0 Å². The molecule has 2 aromatic carbocycles. The molecule has 0 fully saturated rings. The van der Waals surface area contributed by atoms with E-state index in [1.54, 1.807) is 13.2 Å². The van der Waals surface area contributed by atoms with Crippen LogP contribution in [0.15, 0.2) is 34.8 Å². The number of carbonyl (C=O) groups excluding carboxylic acids is 1. The second-order valence-electron chi connectivity index (χ2n) is 5.03. The Labute approximate surface area is 133 Å². The van der Waals surface area contributed by atoms with Gasteiger partial charge in [-0.1, -0.05) is 22.0 Å². The first-order valence-electron chi connectivity index (χ1n) is 6.65. The molecule has 0 aliphatic heterocycles. The molecule has 0 aromatic heterocycles. The van der Waals surface area contributed by atoms with Crippen molar-refractivity contribution in [3.05, 3.63) is 57.1 Å². The fourth-order valence-electron chi connectivity index (χ4n) is 2.16. The number of nitrogens with two attached hydrogens (primary N) is 1. The Morgan fingerprint density at radius 3 is 2.62 bits per heavy atom. The number of anilines is 1. The summed E-state index contributed by atoms with van der Waals surface area (Å²) < 4.78 is 6.09. The van der Waals surface area contributed by atoms with E-state index >= 15 is 0 Å². The zero-order chi connectivity index (χ0) is 15.6. The smallest absolute Gasteiger partial charge is 0.169 e. The maximum absolute atomic E-state index is 12.5. The zero-order valence-corrected chi connectivity index (χ0v) is 14.0. The van der Waals surface area contributed by atoms with Crippen LogP contribution in [0.3, 0.4) is 0 Å². The van der Waals surface area contributed by atoms with Gasteiger partial charge in [0.15, 0.2) is 5.78 Å². The molecule has 0 saturated carbocycles. The first-order valence-corrected chi connectivity index (χ1v) is 7.44. The Kier molecular flexibility index (Phi) is 4.68. The van der Waals surface area contributed by atoms with Gasteiger partial charge in [0, 0.05) is 22.1 Å². The lowest BCUT2D eigenvalue weighted by Crippen LogP contribution is -2.09. The highest BCUT2D eigenvalue weighted by Crippen LogP contribution is 2.26. The van der Waals surface area contributed by atoms with Crippen molar-refractivity contribution in [3.63, 3.8) is 0 Å². The molecule has 4 heteroatoms. The molecule has 0 radical (unpaired) electrons. The molecule has 0 atom stereocenters. The van der Waals surface area contributed by atoms with Gasteiger partial charge in [-0.15, -0.1) is 0 Å². The lowest BCUT2D eigenvalue weighted by Gasteiger charge is -2.11. The fourth-order valence-corrected chi connectivity index (χ4v) is 2.55. The van der Waals surface area contributed by atoms with E-state index in [4.69, 9.17) is 10.5 Å². The molecule has 0 spiro atoms. The normalized spacial score (nSPS) is 10.5. The van der Waals surface area contributed by atoms with Gasteiger partial charge in [-0.25, -0.2) is 0 Å². The van der Waals surface area contributed by atoms with Crippen molar-refractivity contribution >= 4 is 27.4 Å². The molecule has 2 N–H and O–H groups in total. The van der Waals surface area contributed by atoms with E-state index in [2.05, 4.69) is 15.9 Å². The SMILES string of the molecule is COc1ccc(Br)c(CC(=O)c2ccc(C)c(C)c2N)c1. The molecule has 0 aliphatic rings. The number of ether oxygens (including phenoxy) is 1. The number of hydrogen-bond acceptors (Lipinski definition) is 3. The Bertz CT molecular complexity index is 695. The molecule has 0 unspecified atom stereocenters. The predicted octanol–water partition coefficient (Wildman–Crippen LogP) is 4.08. The Balaban J connectivity index is 2.32. The molecule has 3 nitrogen and oxygen atoms in total. The van der Waals surface area contributed by atoms with E-state index in [9.17, 15) is 4.79 Å². The molecular weight excluding hydrogens is 330 g/mol. The van der Waals surface area contributed by atoms with E-state index in [1.165, 1.54) is 0 Å². The largest absolute Gasteiger partial charge is 0.497 e. The third kappa shape index (κ3) is 3.27. The van der Waals surface area contributed by atoms with Gasteiger partial charge in [0.2, 0.25) is 0 Å². The number of nitrogen functional groups attached to an aromatic ring is 1. The van der Waals surface area contributed by atoms with Crippen LogP contribution < -0.4 is 10.5 Å². The number of hydrogen-bond donors (Lipinski definition) is 1. The molecule has 2 aromatic rings. The summed E-state index contributed by atoms with van der Waals surface area (Å²) >= 11 is 3.47. The minimum absolute atomic E-state index is 0.00422.